The molecule has 1 heterocycles. The van der Waals surface area contributed by atoms with Crippen molar-refractivity contribution in [1.82, 2.24) is 0 Å². The first-order chi connectivity index (χ1) is 9.14. The Bertz CT molecular complexity index is 529. The standard InChI is InChI=1S/C14H19BFNO3/c1-13(2)14(3,4)20-15(19-13)10-7-5-6-9(12(10)16)8-11(17)18/h5-7H,8H2,1-4H3,(H2,17,18). The molecular weight excluding hydrogens is 260 g/mol. The molecule has 1 fully saturated rings. The molecule has 1 aromatic rings. The second-order valence-corrected chi connectivity index (χ2v) is 6.05. The smallest absolute Gasteiger partial charge is 0.399 e. The highest BCUT2D eigenvalue weighted by atomic mass is 19.1. The molecule has 0 atom stereocenters. The lowest BCUT2D eigenvalue weighted by molar-refractivity contribution is -0.117. The fraction of sp³-hybridized carbons (Fsp3) is 0.500. The van der Waals surface area contributed by atoms with Crippen molar-refractivity contribution in [3.63, 3.8) is 0 Å². The zero-order valence-electron chi connectivity index (χ0n) is 12.2. The van der Waals surface area contributed by atoms with Crippen molar-refractivity contribution in [2.75, 3.05) is 0 Å². The maximum absolute atomic E-state index is 14.4. The van der Waals surface area contributed by atoms with Gasteiger partial charge in [0.15, 0.2) is 0 Å². The van der Waals surface area contributed by atoms with Crippen LogP contribution in [-0.2, 0) is 20.5 Å². The van der Waals surface area contributed by atoms with Gasteiger partial charge in [-0.05, 0) is 33.3 Å². The van der Waals surface area contributed by atoms with E-state index in [-0.39, 0.29) is 12.0 Å². The summed E-state index contributed by atoms with van der Waals surface area (Å²) in [4.78, 5) is 11.0. The summed E-state index contributed by atoms with van der Waals surface area (Å²) in [6.07, 6.45) is -0.140. The minimum Gasteiger partial charge on any atom is -0.399 e. The van der Waals surface area contributed by atoms with E-state index in [2.05, 4.69) is 0 Å². The zero-order chi connectivity index (χ0) is 15.1. The maximum Gasteiger partial charge on any atom is 0.497 e. The van der Waals surface area contributed by atoms with E-state index in [9.17, 15) is 9.18 Å². The summed E-state index contributed by atoms with van der Waals surface area (Å²) < 4.78 is 26.0. The molecule has 0 unspecified atom stereocenters. The van der Waals surface area contributed by atoms with Crippen molar-refractivity contribution in [2.24, 2.45) is 5.73 Å². The Balaban J connectivity index is 2.34. The number of primary amides is 1. The molecule has 4 nitrogen and oxygen atoms in total. The summed E-state index contributed by atoms with van der Waals surface area (Å²) in [5.74, 6) is -1.07. The molecule has 0 aliphatic carbocycles. The monoisotopic (exact) mass is 279 g/mol. The lowest BCUT2D eigenvalue weighted by Gasteiger charge is -2.32. The van der Waals surface area contributed by atoms with Gasteiger partial charge in [-0.3, -0.25) is 4.79 Å². The quantitative estimate of drug-likeness (QED) is 0.844. The number of rotatable bonds is 3. The Morgan fingerprint density at radius 3 is 2.30 bits per heavy atom. The van der Waals surface area contributed by atoms with Crippen LogP contribution in [0.25, 0.3) is 0 Å². The Morgan fingerprint density at radius 2 is 1.80 bits per heavy atom. The summed E-state index contributed by atoms with van der Waals surface area (Å²) in [7, 11) is -0.784. The predicted molar refractivity (Wildman–Crippen MR) is 75.0 cm³/mol. The first kappa shape index (κ1) is 15.0. The molecule has 1 amide bonds. The third-order valence-corrected chi connectivity index (χ3v) is 3.98. The molecule has 6 heteroatoms. The first-order valence-electron chi connectivity index (χ1n) is 6.55. The van der Waals surface area contributed by atoms with E-state index in [1.807, 2.05) is 27.7 Å². The van der Waals surface area contributed by atoms with Crippen LogP contribution in [-0.4, -0.2) is 24.2 Å². The van der Waals surface area contributed by atoms with Crippen LogP contribution in [0.2, 0.25) is 0 Å². The van der Waals surface area contributed by atoms with Gasteiger partial charge in [0, 0.05) is 5.46 Å². The molecule has 0 radical (unpaired) electrons. The zero-order valence-corrected chi connectivity index (χ0v) is 12.2. The van der Waals surface area contributed by atoms with Crippen LogP contribution in [0.3, 0.4) is 0 Å². The molecular formula is C14H19BFNO3. The normalized spacial score (nSPS) is 20.1. The average Bonchev–Trinajstić information content (AvgIpc) is 2.50. The molecule has 1 saturated heterocycles. The van der Waals surface area contributed by atoms with Crippen LogP contribution in [0.1, 0.15) is 33.3 Å². The number of amides is 1. The van der Waals surface area contributed by atoms with Crippen molar-refractivity contribution in [1.29, 1.82) is 0 Å². The fourth-order valence-corrected chi connectivity index (χ4v) is 2.08. The molecule has 0 spiro atoms. The van der Waals surface area contributed by atoms with E-state index in [0.29, 0.717) is 5.46 Å². The summed E-state index contributed by atoms with van der Waals surface area (Å²) in [5, 5.41) is 0. The van der Waals surface area contributed by atoms with Gasteiger partial charge in [0.05, 0.1) is 17.6 Å². The van der Waals surface area contributed by atoms with Crippen molar-refractivity contribution in [2.45, 2.75) is 45.3 Å². The van der Waals surface area contributed by atoms with Crippen molar-refractivity contribution >= 4 is 18.5 Å². The number of hydrogen-bond acceptors (Lipinski definition) is 3. The lowest BCUT2D eigenvalue weighted by Crippen LogP contribution is -2.41. The van der Waals surface area contributed by atoms with Gasteiger partial charge in [0.25, 0.3) is 0 Å². The molecule has 2 rings (SSSR count). The molecule has 0 saturated carbocycles. The number of halogens is 1. The molecule has 1 aliphatic rings. The Morgan fingerprint density at radius 1 is 1.25 bits per heavy atom. The van der Waals surface area contributed by atoms with Crippen LogP contribution >= 0.6 is 0 Å². The van der Waals surface area contributed by atoms with E-state index in [1.165, 1.54) is 6.07 Å². The third kappa shape index (κ3) is 2.58. The fourth-order valence-electron chi connectivity index (χ4n) is 2.08. The Kier molecular flexibility index (Phi) is 3.65. The highest BCUT2D eigenvalue weighted by Gasteiger charge is 2.52. The Hall–Kier alpha value is -1.40. The number of carbonyl (C=O) groups excluding carboxylic acids is 1. The van der Waals surface area contributed by atoms with Crippen molar-refractivity contribution in [3.8, 4) is 0 Å². The minimum absolute atomic E-state index is 0.140. The number of benzene rings is 1. The van der Waals surface area contributed by atoms with E-state index < -0.39 is 30.0 Å². The van der Waals surface area contributed by atoms with Gasteiger partial charge >= 0.3 is 7.12 Å². The van der Waals surface area contributed by atoms with Crippen LogP contribution in [0.15, 0.2) is 18.2 Å². The van der Waals surface area contributed by atoms with Gasteiger partial charge < -0.3 is 15.0 Å². The highest BCUT2D eigenvalue weighted by molar-refractivity contribution is 6.62. The summed E-state index contributed by atoms with van der Waals surface area (Å²) in [6.45, 7) is 7.60. The second kappa shape index (κ2) is 4.86. The molecule has 108 valence electrons. The van der Waals surface area contributed by atoms with Gasteiger partial charge in [0.1, 0.15) is 5.82 Å². The maximum atomic E-state index is 14.4. The summed E-state index contributed by atoms with van der Waals surface area (Å²) >= 11 is 0. The van der Waals surface area contributed by atoms with Crippen molar-refractivity contribution in [3.05, 3.63) is 29.6 Å². The SMILES string of the molecule is CC1(C)OB(c2cccc(CC(N)=O)c2F)OC1(C)C. The summed E-state index contributed by atoms with van der Waals surface area (Å²) in [6, 6.07) is 4.80. The van der Waals surface area contributed by atoms with Crippen LogP contribution < -0.4 is 11.2 Å². The molecule has 1 aromatic carbocycles. The van der Waals surface area contributed by atoms with E-state index in [4.69, 9.17) is 15.0 Å². The molecule has 2 N–H and O–H groups in total. The molecule has 1 aliphatic heterocycles. The molecule has 0 aromatic heterocycles. The van der Waals surface area contributed by atoms with E-state index in [1.54, 1.807) is 12.1 Å². The minimum atomic E-state index is -0.784. The largest absolute Gasteiger partial charge is 0.497 e. The van der Waals surface area contributed by atoms with E-state index in [0.717, 1.165) is 0 Å². The van der Waals surface area contributed by atoms with Gasteiger partial charge in [-0.15, -0.1) is 0 Å². The molecule has 0 bridgehead atoms. The van der Waals surface area contributed by atoms with Crippen molar-refractivity contribution < 1.29 is 18.5 Å². The van der Waals surface area contributed by atoms with Crippen LogP contribution in [0.5, 0.6) is 0 Å². The lowest BCUT2D eigenvalue weighted by atomic mass is 9.77. The molecule has 20 heavy (non-hydrogen) atoms. The number of nitrogens with two attached hydrogens (primary N) is 1. The second-order valence-electron chi connectivity index (χ2n) is 6.05. The third-order valence-electron chi connectivity index (χ3n) is 3.98. The topological polar surface area (TPSA) is 61.5 Å². The van der Waals surface area contributed by atoms with Gasteiger partial charge in [-0.2, -0.15) is 0 Å². The van der Waals surface area contributed by atoms with Crippen LogP contribution in [0, 0.1) is 5.82 Å². The van der Waals surface area contributed by atoms with E-state index >= 15 is 0 Å². The summed E-state index contributed by atoms with van der Waals surface area (Å²) in [5.41, 5.74) is 4.59. The van der Waals surface area contributed by atoms with Crippen LogP contribution in [0.4, 0.5) is 4.39 Å². The highest BCUT2D eigenvalue weighted by Crippen LogP contribution is 2.36. The average molecular weight is 279 g/mol. The van der Waals surface area contributed by atoms with Gasteiger partial charge in [0.2, 0.25) is 5.91 Å². The van der Waals surface area contributed by atoms with Gasteiger partial charge in [-0.25, -0.2) is 4.39 Å². The predicted octanol–water partition coefficient (Wildman–Crippen LogP) is 1.15. The Labute approximate surface area is 118 Å². The first-order valence-corrected chi connectivity index (χ1v) is 6.55. The number of hydrogen-bond donors (Lipinski definition) is 1. The number of carbonyl (C=O) groups is 1. The van der Waals surface area contributed by atoms with Gasteiger partial charge in [-0.1, -0.05) is 18.2 Å².